The van der Waals surface area contributed by atoms with Crippen LogP contribution in [0, 0.1) is 0 Å². The molecule has 5 nitrogen and oxygen atoms in total. The number of rotatable bonds is 4. The predicted molar refractivity (Wildman–Crippen MR) is 69.8 cm³/mol. The number of anilines is 1. The minimum absolute atomic E-state index is 0.0203. The molecule has 0 unspecified atom stereocenters. The Bertz CT molecular complexity index is 433. The Balaban J connectivity index is 2.52. The summed E-state index contributed by atoms with van der Waals surface area (Å²) in [5.41, 5.74) is 0.237. The largest absolute Gasteiger partial charge is 0.389 e. The number of carbonyl (C=O) groups excluding carboxylic acids is 2. The van der Waals surface area contributed by atoms with Crippen LogP contribution in [-0.2, 0) is 0 Å². The summed E-state index contributed by atoms with van der Waals surface area (Å²) in [4.78, 5) is 22.5. The predicted octanol–water partition coefficient (Wildman–Crippen LogP) is 1.78. The highest BCUT2D eigenvalue weighted by Gasteiger charge is 2.13. The first-order chi connectivity index (χ1) is 8.28. The Hall–Kier alpha value is -1.88. The summed E-state index contributed by atoms with van der Waals surface area (Å²) < 4.78 is 0. The van der Waals surface area contributed by atoms with Gasteiger partial charge < -0.3 is 15.7 Å². The fourth-order valence-electron chi connectivity index (χ4n) is 1.26. The standard InChI is InChI=1S/C13H18N2O3/c1-9(16)10-4-6-11(7-5-10)15-12(17)14-8-13(2,3)18/h4-7,18H,8H2,1-3H3,(H2,14,15,17). The molecule has 1 aromatic carbocycles. The molecule has 18 heavy (non-hydrogen) atoms. The fraction of sp³-hybridized carbons (Fsp3) is 0.385. The molecule has 0 bridgehead atoms. The second-order valence-corrected chi connectivity index (χ2v) is 4.75. The number of amides is 2. The molecule has 0 fully saturated rings. The second-order valence-electron chi connectivity index (χ2n) is 4.75. The van der Waals surface area contributed by atoms with Crippen LogP contribution in [0.25, 0.3) is 0 Å². The molecule has 0 spiro atoms. The Kier molecular flexibility index (Phi) is 4.44. The number of carbonyl (C=O) groups is 2. The maximum Gasteiger partial charge on any atom is 0.319 e. The molecule has 1 aromatic rings. The van der Waals surface area contributed by atoms with Crippen LogP contribution in [0.1, 0.15) is 31.1 Å². The molecule has 0 saturated heterocycles. The van der Waals surface area contributed by atoms with Gasteiger partial charge in [0.15, 0.2) is 5.78 Å². The first-order valence-electron chi connectivity index (χ1n) is 5.66. The molecule has 0 aliphatic carbocycles. The topological polar surface area (TPSA) is 78.4 Å². The second kappa shape index (κ2) is 5.64. The molecule has 0 saturated carbocycles. The summed E-state index contributed by atoms with van der Waals surface area (Å²) in [5.74, 6) is -0.0203. The smallest absolute Gasteiger partial charge is 0.319 e. The summed E-state index contributed by atoms with van der Waals surface area (Å²) in [6.07, 6.45) is 0. The van der Waals surface area contributed by atoms with E-state index in [0.29, 0.717) is 11.3 Å². The van der Waals surface area contributed by atoms with Gasteiger partial charge >= 0.3 is 6.03 Å². The van der Waals surface area contributed by atoms with Crippen LogP contribution < -0.4 is 10.6 Å². The van der Waals surface area contributed by atoms with E-state index in [1.807, 2.05) is 0 Å². The van der Waals surface area contributed by atoms with Crippen LogP contribution >= 0.6 is 0 Å². The van der Waals surface area contributed by atoms with Gasteiger partial charge in [0.1, 0.15) is 0 Å². The lowest BCUT2D eigenvalue weighted by Crippen LogP contribution is -2.40. The highest BCUT2D eigenvalue weighted by molar-refractivity contribution is 5.95. The lowest BCUT2D eigenvalue weighted by molar-refractivity contribution is 0.0826. The zero-order chi connectivity index (χ0) is 13.8. The van der Waals surface area contributed by atoms with E-state index in [1.165, 1.54) is 6.92 Å². The Morgan fingerprint density at radius 2 is 1.78 bits per heavy atom. The van der Waals surface area contributed by atoms with Crippen molar-refractivity contribution < 1.29 is 14.7 Å². The van der Waals surface area contributed by atoms with Gasteiger partial charge in [0, 0.05) is 17.8 Å². The number of aliphatic hydroxyl groups is 1. The van der Waals surface area contributed by atoms with Crippen molar-refractivity contribution in [2.75, 3.05) is 11.9 Å². The van der Waals surface area contributed by atoms with E-state index in [9.17, 15) is 14.7 Å². The van der Waals surface area contributed by atoms with E-state index in [1.54, 1.807) is 38.1 Å². The maximum atomic E-state index is 11.5. The third-order valence-corrected chi connectivity index (χ3v) is 2.23. The average molecular weight is 250 g/mol. The molecule has 0 atom stereocenters. The molecule has 1 rings (SSSR count). The molecule has 98 valence electrons. The van der Waals surface area contributed by atoms with Crippen molar-refractivity contribution in [2.45, 2.75) is 26.4 Å². The molecule has 0 aromatic heterocycles. The van der Waals surface area contributed by atoms with Gasteiger partial charge in [-0.05, 0) is 45.0 Å². The van der Waals surface area contributed by atoms with Crippen molar-refractivity contribution in [3.63, 3.8) is 0 Å². The minimum Gasteiger partial charge on any atom is -0.389 e. The number of benzene rings is 1. The van der Waals surface area contributed by atoms with Crippen LogP contribution in [-0.4, -0.2) is 29.1 Å². The Labute approximate surface area is 106 Å². The molecule has 3 N–H and O–H groups in total. The number of Topliss-reactive ketones (excluding diaryl/α,β-unsaturated/α-hetero) is 1. The third-order valence-electron chi connectivity index (χ3n) is 2.23. The van der Waals surface area contributed by atoms with Crippen LogP contribution in [0.2, 0.25) is 0 Å². The van der Waals surface area contributed by atoms with Gasteiger partial charge in [-0.15, -0.1) is 0 Å². The van der Waals surface area contributed by atoms with Crippen molar-refractivity contribution in [3.8, 4) is 0 Å². The highest BCUT2D eigenvalue weighted by atomic mass is 16.3. The van der Waals surface area contributed by atoms with Crippen molar-refractivity contribution in [1.82, 2.24) is 5.32 Å². The van der Waals surface area contributed by atoms with Crippen LogP contribution in [0.4, 0.5) is 10.5 Å². The summed E-state index contributed by atoms with van der Waals surface area (Å²) in [7, 11) is 0. The van der Waals surface area contributed by atoms with E-state index in [2.05, 4.69) is 10.6 Å². The van der Waals surface area contributed by atoms with Gasteiger partial charge in [0.2, 0.25) is 0 Å². The van der Waals surface area contributed by atoms with Crippen molar-refractivity contribution >= 4 is 17.5 Å². The van der Waals surface area contributed by atoms with Crippen LogP contribution in [0.3, 0.4) is 0 Å². The fourth-order valence-corrected chi connectivity index (χ4v) is 1.26. The van der Waals surface area contributed by atoms with Crippen molar-refractivity contribution in [2.24, 2.45) is 0 Å². The van der Waals surface area contributed by atoms with E-state index >= 15 is 0 Å². The minimum atomic E-state index is -0.949. The molecular formula is C13H18N2O3. The highest BCUT2D eigenvalue weighted by Crippen LogP contribution is 2.09. The molecule has 0 heterocycles. The summed E-state index contributed by atoms with van der Waals surface area (Å²) in [6, 6.07) is 6.20. The summed E-state index contributed by atoms with van der Waals surface area (Å²) >= 11 is 0. The zero-order valence-electron chi connectivity index (χ0n) is 10.8. The normalized spacial score (nSPS) is 10.9. The average Bonchev–Trinajstić information content (AvgIpc) is 2.26. The van der Waals surface area contributed by atoms with Crippen molar-refractivity contribution in [3.05, 3.63) is 29.8 Å². The molecule has 2 amide bonds. The van der Waals surface area contributed by atoms with E-state index < -0.39 is 11.6 Å². The van der Waals surface area contributed by atoms with Gasteiger partial charge in [0.25, 0.3) is 0 Å². The van der Waals surface area contributed by atoms with Crippen LogP contribution in [0.15, 0.2) is 24.3 Å². The van der Waals surface area contributed by atoms with Gasteiger partial charge in [-0.3, -0.25) is 4.79 Å². The Morgan fingerprint density at radius 3 is 2.22 bits per heavy atom. The van der Waals surface area contributed by atoms with E-state index in [-0.39, 0.29) is 12.3 Å². The SMILES string of the molecule is CC(=O)c1ccc(NC(=O)NCC(C)(C)O)cc1. The van der Waals surface area contributed by atoms with E-state index in [4.69, 9.17) is 0 Å². The molecule has 0 radical (unpaired) electrons. The summed E-state index contributed by atoms with van der Waals surface area (Å²) in [6.45, 7) is 4.85. The number of urea groups is 1. The quantitative estimate of drug-likeness (QED) is 0.713. The first-order valence-corrected chi connectivity index (χ1v) is 5.66. The van der Waals surface area contributed by atoms with Gasteiger partial charge in [-0.25, -0.2) is 4.79 Å². The number of hydrogen-bond acceptors (Lipinski definition) is 3. The van der Waals surface area contributed by atoms with E-state index in [0.717, 1.165) is 0 Å². The van der Waals surface area contributed by atoms with Gasteiger partial charge in [0.05, 0.1) is 5.60 Å². The van der Waals surface area contributed by atoms with Gasteiger partial charge in [-0.2, -0.15) is 0 Å². The molecule has 0 aliphatic heterocycles. The third kappa shape index (κ3) is 4.97. The first kappa shape index (κ1) is 14.2. The Morgan fingerprint density at radius 1 is 1.22 bits per heavy atom. The number of nitrogens with one attached hydrogen (secondary N) is 2. The molecular weight excluding hydrogens is 232 g/mol. The van der Waals surface area contributed by atoms with Gasteiger partial charge in [-0.1, -0.05) is 0 Å². The maximum absolute atomic E-state index is 11.5. The molecule has 0 aliphatic rings. The number of hydrogen-bond donors (Lipinski definition) is 3. The monoisotopic (exact) mass is 250 g/mol. The lowest BCUT2D eigenvalue weighted by Gasteiger charge is -2.17. The summed E-state index contributed by atoms with van der Waals surface area (Å²) in [5, 5.41) is 14.6. The molecule has 5 heteroatoms. The van der Waals surface area contributed by atoms with Crippen molar-refractivity contribution in [1.29, 1.82) is 0 Å². The van der Waals surface area contributed by atoms with Crippen LogP contribution in [0.5, 0.6) is 0 Å². The number of ketones is 1. The zero-order valence-corrected chi connectivity index (χ0v) is 10.8. The lowest BCUT2D eigenvalue weighted by atomic mass is 10.1.